The van der Waals surface area contributed by atoms with E-state index in [1.807, 2.05) is 27.7 Å². The number of ether oxygens (including phenoxy) is 2. The zero-order valence-corrected chi connectivity index (χ0v) is 51.6. The standard InChI is InChI=1S/C56H84N2O8P2S2.CH2Cl2/c1-17-63-67(69,64-18-2)57-21-23-61-51-41-25-37-29-45(53(5,6)7)31-39(49(37)59)27-43-35-48(56(14,15)16)36-44(52(43)62-24-22-58-68(70,65-19-3)66-20-4)28-40-32-46(54(8,9)10)30-38(50(40)60)26-42(51)34-47(33-41)55(11,12)13;2-1-3/h29-36,59-60H,17-28H2,1-16H3,(H,57,69)(H,58,70);1H2. The minimum Gasteiger partial charge on any atom is -0.507 e. The van der Waals surface area contributed by atoms with E-state index in [1.165, 1.54) is 0 Å². The molecule has 0 atom stereocenters. The van der Waals surface area contributed by atoms with Gasteiger partial charge in [0.25, 0.3) is 13.3 Å². The summed E-state index contributed by atoms with van der Waals surface area (Å²) in [6.45, 7) is 31.8. The van der Waals surface area contributed by atoms with Crippen molar-refractivity contribution in [1.82, 2.24) is 10.2 Å². The van der Waals surface area contributed by atoms with E-state index in [4.69, 9.17) is 74.4 Å². The zero-order valence-electron chi connectivity index (χ0n) is 46.6. The fourth-order valence-electron chi connectivity index (χ4n) is 8.62. The van der Waals surface area contributed by atoms with Crippen molar-refractivity contribution in [2.45, 2.75) is 158 Å². The second-order valence-corrected chi connectivity index (χ2v) is 29.9. The van der Waals surface area contributed by atoms with Crippen LogP contribution in [-0.2, 0) is 89.1 Å². The quantitative estimate of drug-likeness (QED) is 0.0380. The third-order valence-corrected chi connectivity index (χ3v) is 18.2. The SMILES string of the molecule is CCOP(=S)(NCCOc1c2cc(C(C)(C)C)cc1Cc1cc(C(C)(C)C)cc(c1O)Cc1cc(C(C)(C)C)cc(c1OCCNP(=S)(OCC)OCC)Cc1cc(C(C)(C)C)cc(c1O)C2)OCC.ClCCl. The van der Waals surface area contributed by atoms with Crippen LogP contribution in [0.25, 0.3) is 0 Å². The molecule has 0 aromatic heterocycles. The van der Waals surface area contributed by atoms with E-state index in [-0.39, 0.29) is 51.7 Å². The summed E-state index contributed by atoms with van der Waals surface area (Å²) in [5, 5.41) is 32.3. The predicted molar refractivity (Wildman–Crippen MR) is 314 cm³/mol. The van der Waals surface area contributed by atoms with Gasteiger partial charge in [-0.25, -0.2) is 10.2 Å². The zero-order chi connectivity index (χ0) is 54.7. The Hall–Kier alpha value is -2.28. The highest BCUT2D eigenvalue weighted by atomic mass is 35.5. The van der Waals surface area contributed by atoms with E-state index in [1.54, 1.807) is 0 Å². The molecule has 4 aromatic carbocycles. The maximum absolute atomic E-state index is 12.7. The van der Waals surface area contributed by atoms with E-state index in [9.17, 15) is 10.2 Å². The largest absolute Gasteiger partial charge is 0.507 e. The first-order chi connectivity index (χ1) is 34.0. The molecule has 0 fully saturated rings. The van der Waals surface area contributed by atoms with Crippen molar-refractivity contribution in [3.63, 3.8) is 0 Å². The number of halogens is 2. The highest BCUT2D eigenvalue weighted by Gasteiger charge is 2.29. The monoisotopic (exact) mass is 1120 g/mol. The van der Waals surface area contributed by atoms with Gasteiger partial charge in [-0.05, 0) is 140 Å². The van der Waals surface area contributed by atoms with Gasteiger partial charge in [0.15, 0.2) is 0 Å². The van der Waals surface area contributed by atoms with Gasteiger partial charge in [-0.2, -0.15) is 0 Å². The highest BCUT2D eigenvalue weighted by molar-refractivity contribution is 8.09. The molecule has 4 N–H and O–H groups in total. The van der Waals surface area contributed by atoms with Crippen molar-refractivity contribution in [2.24, 2.45) is 0 Å². The lowest BCUT2D eigenvalue weighted by Crippen LogP contribution is -2.22. The van der Waals surface area contributed by atoms with Crippen molar-refractivity contribution < 1.29 is 37.8 Å². The maximum atomic E-state index is 12.7. The Kier molecular flexibility index (Phi) is 23.3. The number of fused-ring (bicyclic) bond motifs is 8. The van der Waals surface area contributed by atoms with Crippen LogP contribution in [0.4, 0.5) is 0 Å². The third kappa shape index (κ3) is 17.9. The molecule has 16 heteroatoms. The Bertz CT molecular complexity index is 2290. The first-order valence-corrected chi connectivity index (χ1v) is 32.0. The topological polar surface area (TPSA) is 120 Å². The van der Waals surface area contributed by atoms with Gasteiger partial charge in [0.1, 0.15) is 36.2 Å². The molecule has 0 saturated carbocycles. The summed E-state index contributed by atoms with van der Waals surface area (Å²) in [6, 6.07) is 17.6. The van der Waals surface area contributed by atoms with Crippen LogP contribution in [0.2, 0.25) is 0 Å². The lowest BCUT2D eigenvalue weighted by Gasteiger charge is -2.28. The molecule has 5 rings (SSSR count). The lowest BCUT2D eigenvalue weighted by molar-refractivity contribution is 0.251. The summed E-state index contributed by atoms with van der Waals surface area (Å²) in [4.78, 5) is 0. The van der Waals surface area contributed by atoms with Crippen LogP contribution < -0.4 is 19.6 Å². The number of nitrogens with one attached hydrogen (secondary N) is 2. The molecule has 1 aliphatic rings. The van der Waals surface area contributed by atoms with Crippen LogP contribution in [0.5, 0.6) is 23.0 Å². The van der Waals surface area contributed by atoms with Crippen molar-refractivity contribution in [2.75, 3.05) is 58.1 Å². The third-order valence-electron chi connectivity index (χ3n) is 12.5. The molecule has 0 spiro atoms. The van der Waals surface area contributed by atoms with E-state index in [2.05, 4.69) is 142 Å². The Morgan fingerprint density at radius 3 is 0.836 bits per heavy atom. The van der Waals surface area contributed by atoms with Gasteiger partial charge in [0.05, 0.1) is 31.8 Å². The van der Waals surface area contributed by atoms with Crippen molar-refractivity contribution >= 4 is 60.1 Å². The van der Waals surface area contributed by atoms with E-state index in [0.29, 0.717) is 65.2 Å². The first-order valence-electron chi connectivity index (χ1n) is 25.6. The minimum atomic E-state index is -2.72. The van der Waals surface area contributed by atoms with E-state index in [0.717, 1.165) is 78.3 Å². The minimum absolute atomic E-state index is 0.194. The van der Waals surface area contributed by atoms with Gasteiger partial charge in [0.2, 0.25) is 0 Å². The fourth-order valence-corrected chi connectivity index (χ4v) is 13.0. The summed E-state index contributed by atoms with van der Waals surface area (Å²) >= 11 is 21.2. The van der Waals surface area contributed by atoms with Crippen molar-refractivity contribution in [3.8, 4) is 23.0 Å². The number of phenols is 2. The summed E-state index contributed by atoms with van der Waals surface area (Å²) in [6.07, 6.45) is 1.58. The first kappa shape index (κ1) is 63.3. The number of phenolic OH excluding ortho intramolecular Hbond substituents is 2. The average Bonchev–Trinajstić information content (AvgIpc) is 3.26. The molecular formula is C57H86Cl2N2O8P2S2. The summed E-state index contributed by atoms with van der Waals surface area (Å²) in [5.74, 6) is 1.92. The Labute approximate surface area is 459 Å². The molecule has 408 valence electrons. The molecule has 8 bridgehead atoms. The van der Waals surface area contributed by atoms with Crippen LogP contribution in [-0.4, -0.2) is 68.3 Å². The van der Waals surface area contributed by atoms with Crippen molar-refractivity contribution in [3.05, 3.63) is 115 Å². The average molecular weight is 1120 g/mol. The molecule has 1 aliphatic carbocycles. The summed E-state index contributed by atoms with van der Waals surface area (Å²) < 4.78 is 37.5. The molecule has 73 heavy (non-hydrogen) atoms. The van der Waals surface area contributed by atoms with Crippen LogP contribution in [0.3, 0.4) is 0 Å². The van der Waals surface area contributed by atoms with Gasteiger partial charge >= 0.3 is 0 Å². The van der Waals surface area contributed by atoms with Crippen LogP contribution in [0, 0.1) is 0 Å². The predicted octanol–water partition coefficient (Wildman–Crippen LogP) is 14.9. The number of hydrogen-bond donors (Lipinski definition) is 4. The van der Waals surface area contributed by atoms with Gasteiger partial charge in [-0.1, -0.05) is 132 Å². The molecule has 0 saturated heterocycles. The molecule has 4 aromatic rings. The van der Waals surface area contributed by atoms with Gasteiger partial charge in [-0.15, -0.1) is 23.2 Å². The lowest BCUT2D eigenvalue weighted by atomic mass is 9.79. The molecule has 0 heterocycles. The Morgan fingerprint density at radius 1 is 0.438 bits per heavy atom. The molecule has 0 aliphatic heterocycles. The second-order valence-electron chi connectivity index (χ2n) is 22.5. The molecule has 10 nitrogen and oxygen atoms in total. The number of benzene rings is 4. The van der Waals surface area contributed by atoms with Gasteiger partial charge in [0, 0.05) is 38.8 Å². The van der Waals surface area contributed by atoms with Crippen LogP contribution >= 0.6 is 36.5 Å². The van der Waals surface area contributed by atoms with Gasteiger partial charge < -0.3 is 37.8 Å². The Balaban J connectivity index is 0.00000375. The normalized spacial score (nSPS) is 13.6. The van der Waals surface area contributed by atoms with Crippen molar-refractivity contribution in [1.29, 1.82) is 0 Å². The highest BCUT2D eigenvalue weighted by Crippen LogP contribution is 2.46. The van der Waals surface area contributed by atoms with Gasteiger partial charge in [-0.3, -0.25) is 0 Å². The smallest absolute Gasteiger partial charge is 0.261 e. The number of rotatable bonds is 18. The number of alkyl halides is 2. The molecule has 0 radical (unpaired) electrons. The Morgan fingerprint density at radius 2 is 0.644 bits per heavy atom. The number of aromatic hydroxyl groups is 2. The number of hydrogen-bond acceptors (Lipinski definition) is 10. The van der Waals surface area contributed by atoms with Crippen LogP contribution in [0.1, 0.15) is 178 Å². The molecule has 0 amide bonds. The van der Waals surface area contributed by atoms with E-state index < -0.39 is 13.3 Å². The maximum Gasteiger partial charge on any atom is 0.261 e. The molecular weight excluding hydrogens is 1040 g/mol. The molecule has 0 unspecified atom stereocenters. The van der Waals surface area contributed by atoms with Crippen LogP contribution in [0.15, 0.2) is 48.5 Å². The fraction of sp³-hybridized carbons (Fsp3) is 0.579. The van der Waals surface area contributed by atoms with E-state index >= 15 is 0 Å². The summed E-state index contributed by atoms with van der Waals surface area (Å²) in [5.41, 5.74) is 10.5. The second kappa shape index (κ2) is 26.9. The summed E-state index contributed by atoms with van der Waals surface area (Å²) in [7, 11) is 0.